The Bertz CT molecular complexity index is 628. The van der Waals surface area contributed by atoms with E-state index in [0.717, 1.165) is 5.56 Å². The first kappa shape index (κ1) is 14.6. The number of methoxy groups -OCH3 is 1. The molecule has 104 valence electrons. The maximum Gasteiger partial charge on any atom is 0.250 e. The van der Waals surface area contributed by atoms with Crippen molar-refractivity contribution < 1.29 is 9.53 Å². The first-order chi connectivity index (χ1) is 9.67. The van der Waals surface area contributed by atoms with Gasteiger partial charge in [0.05, 0.1) is 0 Å². The van der Waals surface area contributed by atoms with Gasteiger partial charge in [-0.3, -0.25) is 10.1 Å². The third-order valence-electron chi connectivity index (χ3n) is 2.24. The summed E-state index contributed by atoms with van der Waals surface area (Å²) in [4.78, 5) is 11.7. The summed E-state index contributed by atoms with van der Waals surface area (Å²) in [6.45, 7) is 0.381. The van der Waals surface area contributed by atoms with Crippen molar-refractivity contribution in [1.29, 1.82) is 0 Å². The second-order valence-electron chi connectivity index (χ2n) is 3.81. The van der Waals surface area contributed by atoms with Crippen LogP contribution in [0.4, 0.5) is 5.13 Å². The van der Waals surface area contributed by atoms with Crippen LogP contribution in [0.5, 0.6) is 0 Å². The predicted molar refractivity (Wildman–Crippen MR) is 79.7 cm³/mol. The quantitative estimate of drug-likeness (QED) is 0.862. The Morgan fingerprint density at radius 1 is 1.50 bits per heavy atom. The monoisotopic (exact) mass is 309 g/mol. The number of amides is 1. The maximum atomic E-state index is 11.7. The average Bonchev–Trinajstić information content (AvgIpc) is 2.84. The predicted octanol–water partition coefficient (Wildman–Crippen LogP) is 2.99. The average molecular weight is 310 g/mol. The van der Waals surface area contributed by atoms with Crippen LogP contribution in [0.3, 0.4) is 0 Å². The van der Waals surface area contributed by atoms with Gasteiger partial charge in [0.15, 0.2) is 0 Å². The van der Waals surface area contributed by atoms with E-state index in [1.54, 1.807) is 25.3 Å². The van der Waals surface area contributed by atoms with Crippen LogP contribution in [0.25, 0.3) is 6.08 Å². The largest absolute Gasteiger partial charge is 0.377 e. The van der Waals surface area contributed by atoms with Crippen molar-refractivity contribution in [1.82, 2.24) is 10.2 Å². The third kappa shape index (κ3) is 4.41. The Morgan fingerprint density at radius 3 is 3.10 bits per heavy atom. The Hall–Kier alpha value is -1.76. The lowest BCUT2D eigenvalue weighted by Gasteiger charge is -1.96. The van der Waals surface area contributed by atoms with Crippen LogP contribution in [0.15, 0.2) is 30.3 Å². The molecule has 7 heteroatoms. The van der Waals surface area contributed by atoms with E-state index in [-0.39, 0.29) is 5.91 Å². The van der Waals surface area contributed by atoms with Crippen molar-refractivity contribution in [2.45, 2.75) is 6.61 Å². The summed E-state index contributed by atoms with van der Waals surface area (Å²) in [5, 5.41) is 12.1. The van der Waals surface area contributed by atoms with Crippen molar-refractivity contribution >= 4 is 40.1 Å². The van der Waals surface area contributed by atoms with E-state index in [1.807, 2.05) is 12.1 Å². The van der Waals surface area contributed by atoms with Crippen molar-refractivity contribution in [3.05, 3.63) is 45.9 Å². The van der Waals surface area contributed by atoms with E-state index in [9.17, 15) is 4.79 Å². The van der Waals surface area contributed by atoms with Gasteiger partial charge < -0.3 is 4.74 Å². The van der Waals surface area contributed by atoms with Gasteiger partial charge >= 0.3 is 0 Å². The summed E-state index contributed by atoms with van der Waals surface area (Å²) in [6, 6.07) is 7.23. The molecule has 0 spiro atoms. The Kier molecular flexibility index (Phi) is 5.23. The van der Waals surface area contributed by atoms with Crippen molar-refractivity contribution in [2.75, 3.05) is 12.4 Å². The molecule has 0 aliphatic rings. The minimum Gasteiger partial charge on any atom is -0.377 e. The number of benzene rings is 1. The molecule has 20 heavy (non-hydrogen) atoms. The van der Waals surface area contributed by atoms with Crippen molar-refractivity contribution in [3.63, 3.8) is 0 Å². The number of aromatic nitrogens is 2. The van der Waals surface area contributed by atoms with Gasteiger partial charge in [-0.1, -0.05) is 35.1 Å². The van der Waals surface area contributed by atoms with E-state index >= 15 is 0 Å². The van der Waals surface area contributed by atoms with Gasteiger partial charge in [0, 0.05) is 18.2 Å². The van der Waals surface area contributed by atoms with Crippen LogP contribution in [-0.4, -0.2) is 23.2 Å². The number of hydrogen-bond acceptors (Lipinski definition) is 5. The number of nitrogens with one attached hydrogen (secondary N) is 1. The number of anilines is 1. The molecule has 0 fully saturated rings. The zero-order chi connectivity index (χ0) is 14.4. The molecule has 1 aromatic carbocycles. The second-order valence-corrected chi connectivity index (χ2v) is 5.31. The topological polar surface area (TPSA) is 64.1 Å². The molecule has 0 aliphatic heterocycles. The van der Waals surface area contributed by atoms with E-state index in [2.05, 4.69) is 15.5 Å². The Labute approximate surface area is 125 Å². The van der Waals surface area contributed by atoms with E-state index in [1.165, 1.54) is 17.4 Å². The Balaban J connectivity index is 1.94. The molecular formula is C13H12ClN3O2S. The molecule has 2 aromatic rings. The fourth-order valence-corrected chi connectivity index (χ4v) is 2.33. The number of carbonyl (C=O) groups excluding carboxylic acids is 1. The standard InChI is InChI=1S/C13H12ClN3O2S/c1-19-8-12-16-17-13(20-12)15-11(18)6-5-9-3-2-4-10(14)7-9/h2-7H,8H2,1H3,(H,15,17,18)/b6-5+. The van der Waals surface area contributed by atoms with Crippen LogP contribution in [0.1, 0.15) is 10.6 Å². The van der Waals surface area contributed by atoms with E-state index < -0.39 is 0 Å². The maximum absolute atomic E-state index is 11.7. The van der Waals surface area contributed by atoms with E-state index in [4.69, 9.17) is 16.3 Å². The molecule has 0 aliphatic carbocycles. The molecule has 1 heterocycles. The Morgan fingerprint density at radius 2 is 2.35 bits per heavy atom. The molecule has 0 unspecified atom stereocenters. The minimum absolute atomic E-state index is 0.273. The molecule has 1 aromatic heterocycles. The van der Waals surface area contributed by atoms with Gasteiger partial charge in [0.1, 0.15) is 11.6 Å². The van der Waals surface area contributed by atoms with Crippen molar-refractivity contribution in [2.24, 2.45) is 0 Å². The number of hydrogen-bond donors (Lipinski definition) is 1. The van der Waals surface area contributed by atoms with Crippen LogP contribution in [-0.2, 0) is 16.1 Å². The molecule has 0 saturated carbocycles. The molecular weight excluding hydrogens is 298 g/mol. The molecule has 0 radical (unpaired) electrons. The van der Waals surface area contributed by atoms with Gasteiger partial charge in [0.25, 0.3) is 0 Å². The molecule has 2 rings (SSSR count). The fourth-order valence-electron chi connectivity index (χ4n) is 1.42. The number of halogens is 1. The van der Waals surface area contributed by atoms with E-state index in [0.29, 0.717) is 21.8 Å². The third-order valence-corrected chi connectivity index (χ3v) is 3.29. The van der Waals surface area contributed by atoms with Gasteiger partial charge in [-0.25, -0.2) is 0 Å². The molecule has 5 nitrogen and oxygen atoms in total. The summed E-state index contributed by atoms with van der Waals surface area (Å²) < 4.78 is 4.93. The summed E-state index contributed by atoms with van der Waals surface area (Å²) in [5.74, 6) is -0.273. The van der Waals surface area contributed by atoms with Crippen molar-refractivity contribution in [3.8, 4) is 0 Å². The normalized spacial score (nSPS) is 10.9. The molecule has 1 amide bonds. The summed E-state index contributed by atoms with van der Waals surface area (Å²) in [7, 11) is 1.58. The molecule has 0 bridgehead atoms. The molecule has 0 atom stereocenters. The zero-order valence-electron chi connectivity index (χ0n) is 10.7. The summed E-state index contributed by atoms with van der Waals surface area (Å²) in [5.41, 5.74) is 0.852. The lowest BCUT2D eigenvalue weighted by molar-refractivity contribution is -0.111. The smallest absolute Gasteiger partial charge is 0.250 e. The van der Waals surface area contributed by atoms with Gasteiger partial charge in [-0.15, -0.1) is 10.2 Å². The van der Waals surface area contributed by atoms with Gasteiger partial charge in [-0.2, -0.15) is 0 Å². The first-order valence-corrected chi connectivity index (χ1v) is 6.93. The van der Waals surface area contributed by atoms with Gasteiger partial charge in [0.2, 0.25) is 11.0 Å². The fraction of sp³-hybridized carbons (Fsp3) is 0.154. The van der Waals surface area contributed by atoms with Crippen LogP contribution < -0.4 is 5.32 Å². The van der Waals surface area contributed by atoms with Crippen LogP contribution >= 0.6 is 22.9 Å². The summed E-state index contributed by atoms with van der Waals surface area (Å²) in [6.07, 6.45) is 3.10. The first-order valence-electron chi connectivity index (χ1n) is 5.73. The number of carbonyl (C=O) groups is 1. The van der Waals surface area contributed by atoms with Gasteiger partial charge in [-0.05, 0) is 23.8 Å². The SMILES string of the molecule is COCc1nnc(NC(=O)/C=C/c2cccc(Cl)c2)s1. The number of rotatable bonds is 5. The lowest BCUT2D eigenvalue weighted by Crippen LogP contribution is -2.07. The molecule has 0 saturated heterocycles. The van der Waals surface area contributed by atoms with Crippen LogP contribution in [0, 0.1) is 0 Å². The number of nitrogens with zero attached hydrogens (tertiary/aromatic N) is 2. The lowest BCUT2D eigenvalue weighted by atomic mass is 10.2. The summed E-state index contributed by atoms with van der Waals surface area (Å²) >= 11 is 7.14. The highest BCUT2D eigenvalue weighted by Crippen LogP contribution is 2.16. The van der Waals surface area contributed by atoms with Crippen LogP contribution in [0.2, 0.25) is 5.02 Å². The highest BCUT2D eigenvalue weighted by molar-refractivity contribution is 7.15. The minimum atomic E-state index is -0.273. The second kappa shape index (κ2) is 7.14. The zero-order valence-corrected chi connectivity index (χ0v) is 12.2. The molecule has 1 N–H and O–H groups in total. The highest BCUT2D eigenvalue weighted by atomic mass is 35.5. The number of ether oxygens (including phenoxy) is 1. The highest BCUT2D eigenvalue weighted by Gasteiger charge is 2.05.